The van der Waals surface area contributed by atoms with Crippen molar-refractivity contribution in [2.75, 3.05) is 7.05 Å². The lowest BCUT2D eigenvalue weighted by atomic mass is 10.2. The van der Waals surface area contributed by atoms with E-state index in [0.29, 0.717) is 11.6 Å². The summed E-state index contributed by atoms with van der Waals surface area (Å²) in [4.78, 5) is 0. The molecule has 0 amide bonds. The molecule has 0 aliphatic heterocycles. The molecule has 112 valence electrons. The minimum Gasteiger partial charge on any atom is -0.212 e. The molecule has 0 fully saturated rings. The zero-order valence-electron chi connectivity index (χ0n) is 11.5. The summed E-state index contributed by atoms with van der Waals surface area (Å²) >= 11 is 9.16. The van der Waals surface area contributed by atoms with Crippen molar-refractivity contribution >= 4 is 37.6 Å². The topological polar surface area (TPSA) is 37.4 Å². The molecule has 0 radical (unpaired) electrons. The largest absolute Gasteiger partial charge is 0.218 e. The number of nitrogens with zero attached hydrogens (tertiary/aromatic N) is 1. The van der Waals surface area contributed by atoms with E-state index in [4.69, 9.17) is 11.6 Å². The van der Waals surface area contributed by atoms with Gasteiger partial charge in [0, 0.05) is 23.1 Å². The molecule has 0 bridgehead atoms. The number of benzene rings is 2. The predicted molar refractivity (Wildman–Crippen MR) is 89.7 cm³/mol. The third-order valence-corrected chi connectivity index (χ3v) is 5.61. The van der Waals surface area contributed by atoms with Gasteiger partial charge in [-0.3, -0.25) is 0 Å². The van der Waals surface area contributed by atoms with Crippen LogP contribution in [-0.2, 0) is 22.3 Å². The molecule has 2 rings (SSSR count). The van der Waals surface area contributed by atoms with Gasteiger partial charge in [-0.15, -0.1) is 0 Å². The highest BCUT2D eigenvalue weighted by atomic mass is 79.9. The number of halogens is 2. The Morgan fingerprint density at radius 1 is 1.00 bits per heavy atom. The Bertz CT molecular complexity index is 699. The van der Waals surface area contributed by atoms with Crippen molar-refractivity contribution in [3.63, 3.8) is 0 Å². The molecular formula is C15H15BrClNO2S. The van der Waals surface area contributed by atoms with Crippen LogP contribution in [0, 0.1) is 0 Å². The van der Waals surface area contributed by atoms with Gasteiger partial charge in [0.1, 0.15) is 0 Å². The van der Waals surface area contributed by atoms with Gasteiger partial charge < -0.3 is 0 Å². The monoisotopic (exact) mass is 387 g/mol. The summed E-state index contributed by atoms with van der Waals surface area (Å²) in [6.07, 6.45) is 0. The zero-order valence-corrected chi connectivity index (χ0v) is 14.6. The summed E-state index contributed by atoms with van der Waals surface area (Å²) in [6, 6.07) is 14.4. The SMILES string of the molecule is CN(Cc1ccc(Cl)cc1)S(=O)(=O)Cc1ccc(Br)cc1. The molecule has 0 unspecified atom stereocenters. The Hall–Kier alpha value is -0.880. The highest BCUT2D eigenvalue weighted by Gasteiger charge is 2.18. The minimum atomic E-state index is -3.35. The van der Waals surface area contributed by atoms with E-state index in [2.05, 4.69) is 15.9 Å². The summed E-state index contributed by atoms with van der Waals surface area (Å²) in [6.45, 7) is 0.329. The lowest BCUT2D eigenvalue weighted by Gasteiger charge is -2.17. The molecule has 2 aromatic rings. The molecule has 0 aromatic heterocycles. The van der Waals surface area contributed by atoms with Crippen molar-refractivity contribution in [3.8, 4) is 0 Å². The second kappa shape index (κ2) is 6.92. The van der Waals surface area contributed by atoms with Crippen LogP contribution >= 0.6 is 27.5 Å². The average molecular weight is 389 g/mol. The molecule has 0 aliphatic rings. The Labute approximate surface area is 138 Å². The van der Waals surface area contributed by atoms with Crippen LogP contribution in [0.5, 0.6) is 0 Å². The molecule has 0 heterocycles. The van der Waals surface area contributed by atoms with Gasteiger partial charge in [-0.25, -0.2) is 12.7 Å². The summed E-state index contributed by atoms with van der Waals surface area (Å²) < 4.78 is 27.0. The molecule has 0 atom stereocenters. The van der Waals surface area contributed by atoms with Crippen molar-refractivity contribution in [1.82, 2.24) is 4.31 Å². The quantitative estimate of drug-likeness (QED) is 0.774. The first-order valence-corrected chi connectivity index (χ1v) is 9.08. The van der Waals surface area contributed by atoms with Gasteiger partial charge in [0.15, 0.2) is 0 Å². The van der Waals surface area contributed by atoms with E-state index in [0.717, 1.165) is 15.6 Å². The summed E-state index contributed by atoms with van der Waals surface area (Å²) in [5.41, 5.74) is 1.67. The highest BCUT2D eigenvalue weighted by Crippen LogP contribution is 2.17. The number of sulfonamides is 1. The lowest BCUT2D eigenvalue weighted by Crippen LogP contribution is -2.27. The van der Waals surface area contributed by atoms with Crippen molar-refractivity contribution < 1.29 is 8.42 Å². The maximum Gasteiger partial charge on any atom is 0.218 e. The van der Waals surface area contributed by atoms with E-state index in [9.17, 15) is 8.42 Å². The molecule has 6 heteroatoms. The van der Waals surface area contributed by atoms with Crippen molar-refractivity contribution in [1.29, 1.82) is 0 Å². The van der Waals surface area contributed by atoms with Crippen LogP contribution in [0.1, 0.15) is 11.1 Å². The number of rotatable bonds is 5. The number of hydrogen-bond acceptors (Lipinski definition) is 2. The van der Waals surface area contributed by atoms with Crippen LogP contribution in [0.2, 0.25) is 5.02 Å². The van der Waals surface area contributed by atoms with Gasteiger partial charge >= 0.3 is 0 Å². The normalized spacial score (nSPS) is 11.8. The average Bonchev–Trinajstić information content (AvgIpc) is 2.43. The fourth-order valence-corrected chi connectivity index (χ4v) is 3.42. The molecule has 0 saturated carbocycles. The highest BCUT2D eigenvalue weighted by molar-refractivity contribution is 9.10. The maximum absolute atomic E-state index is 12.3. The molecule has 0 spiro atoms. The van der Waals surface area contributed by atoms with Crippen LogP contribution < -0.4 is 0 Å². The Morgan fingerprint density at radius 3 is 2.10 bits per heavy atom. The molecule has 3 nitrogen and oxygen atoms in total. The summed E-state index contributed by atoms with van der Waals surface area (Å²) in [5, 5.41) is 0.638. The van der Waals surface area contributed by atoms with Gasteiger partial charge in [-0.2, -0.15) is 0 Å². The van der Waals surface area contributed by atoms with Crippen LogP contribution in [0.3, 0.4) is 0 Å². The summed E-state index contributed by atoms with van der Waals surface area (Å²) in [5.74, 6) is -0.00955. The minimum absolute atomic E-state index is 0.00955. The van der Waals surface area contributed by atoms with Crippen LogP contribution in [0.15, 0.2) is 53.0 Å². The first-order chi connectivity index (χ1) is 9.87. The zero-order chi connectivity index (χ0) is 15.5. The molecular weight excluding hydrogens is 374 g/mol. The Balaban J connectivity index is 2.07. The Morgan fingerprint density at radius 2 is 1.52 bits per heavy atom. The van der Waals surface area contributed by atoms with Crippen molar-refractivity contribution in [2.24, 2.45) is 0 Å². The van der Waals surface area contributed by atoms with E-state index >= 15 is 0 Å². The van der Waals surface area contributed by atoms with Gasteiger partial charge in [-0.05, 0) is 35.4 Å². The van der Waals surface area contributed by atoms with E-state index in [1.165, 1.54) is 4.31 Å². The summed E-state index contributed by atoms with van der Waals surface area (Å²) in [7, 11) is -1.76. The predicted octanol–water partition coefficient (Wildman–Crippen LogP) is 4.06. The van der Waals surface area contributed by atoms with Crippen LogP contribution in [0.4, 0.5) is 0 Å². The fraction of sp³-hybridized carbons (Fsp3) is 0.200. The van der Waals surface area contributed by atoms with Crippen molar-refractivity contribution in [2.45, 2.75) is 12.3 Å². The number of hydrogen-bond donors (Lipinski definition) is 0. The first-order valence-electron chi connectivity index (χ1n) is 6.30. The van der Waals surface area contributed by atoms with Gasteiger partial charge in [0.2, 0.25) is 10.0 Å². The lowest BCUT2D eigenvalue weighted by molar-refractivity contribution is 0.466. The van der Waals surface area contributed by atoms with Gasteiger partial charge in [-0.1, -0.05) is 51.8 Å². The van der Waals surface area contributed by atoms with E-state index in [1.54, 1.807) is 31.3 Å². The molecule has 0 N–H and O–H groups in total. The standard InChI is InChI=1S/C15H15BrClNO2S/c1-18(10-12-4-8-15(17)9-5-12)21(19,20)11-13-2-6-14(16)7-3-13/h2-9H,10-11H2,1H3. The fourth-order valence-electron chi connectivity index (χ4n) is 1.85. The van der Waals surface area contributed by atoms with Crippen LogP contribution in [0.25, 0.3) is 0 Å². The van der Waals surface area contributed by atoms with E-state index in [-0.39, 0.29) is 5.75 Å². The van der Waals surface area contributed by atoms with Crippen LogP contribution in [-0.4, -0.2) is 19.8 Å². The second-order valence-corrected chi connectivity index (χ2v) is 8.19. The van der Waals surface area contributed by atoms with Gasteiger partial charge in [0.25, 0.3) is 0 Å². The molecule has 0 aliphatic carbocycles. The first kappa shape index (κ1) is 16.5. The molecule has 2 aromatic carbocycles. The third kappa shape index (κ3) is 4.81. The van der Waals surface area contributed by atoms with E-state index < -0.39 is 10.0 Å². The maximum atomic E-state index is 12.3. The van der Waals surface area contributed by atoms with Gasteiger partial charge in [0.05, 0.1) is 5.75 Å². The molecule has 0 saturated heterocycles. The van der Waals surface area contributed by atoms with Crippen molar-refractivity contribution in [3.05, 3.63) is 69.2 Å². The third-order valence-electron chi connectivity index (χ3n) is 3.06. The smallest absolute Gasteiger partial charge is 0.212 e. The van der Waals surface area contributed by atoms with E-state index in [1.807, 2.05) is 24.3 Å². The molecule has 21 heavy (non-hydrogen) atoms. The Kier molecular flexibility index (Phi) is 5.43. The second-order valence-electron chi connectivity index (χ2n) is 4.77.